The highest BCUT2D eigenvalue weighted by molar-refractivity contribution is 5.91. The predicted molar refractivity (Wildman–Crippen MR) is 100 cm³/mol. The maximum atomic E-state index is 11.8. The fourth-order valence-electron chi connectivity index (χ4n) is 2.88. The Morgan fingerprint density at radius 3 is 2.58 bits per heavy atom. The number of ether oxygens (including phenoxy) is 1. The van der Waals surface area contributed by atoms with Crippen LogP contribution in [0.25, 0.3) is 6.08 Å². The first-order chi connectivity index (χ1) is 11.6. The monoisotopic (exact) mass is 330 g/mol. The summed E-state index contributed by atoms with van der Waals surface area (Å²) >= 11 is 0. The van der Waals surface area contributed by atoms with Gasteiger partial charge in [-0.2, -0.15) is 0 Å². The zero-order valence-corrected chi connectivity index (χ0v) is 15.0. The van der Waals surface area contributed by atoms with Crippen LogP contribution in [0.3, 0.4) is 0 Å². The Kier molecular flexibility index (Phi) is 7.83. The molecule has 0 atom stereocenters. The zero-order chi connectivity index (χ0) is 17.2. The lowest BCUT2D eigenvalue weighted by molar-refractivity contribution is -0.116. The first-order valence-corrected chi connectivity index (χ1v) is 9.00. The number of nitrogens with one attached hydrogen (secondary N) is 1. The first kappa shape index (κ1) is 18.5. The highest BCUT2D eigenvalue weighted by Gasteiger charge is 2.12. The number of benzene rings is 1. The van der Waals surface area contributed by atoms with Gasteiger partial charge in [0.2, 0.25) is 5.91 Å². The highest BCUT2D eigenvalue weighted by Crippen LogP contribution is 2.20. The summed E-state index contributed by atoms with van der Waals surface area (Å²) in [6.07, 6.45) is 11.1. The molecule has 24 heavy (non-hydrogen) atoms. The molecule has 0 heterocycles. The van der Waals surface area contributed by atoms with Crippen LogP contribution in [-0.2, 0) is 9.53 Å². The third-order valence-electron chi connectivity index (χ3n) is 4.36. The number of nitrogens with zero attached hydrogens (tertiary/aromatic N) is 1. The molecule has 1 aliphatic carbocycles. The van der Waals surface area contributed by atoms with Crippen molar-refractivity contribution in [3.63, 3.8) is 0 Å². The minimum Gasteiger partial charge on any atom is -0.378 e. The normalized spacial score (nSPS) is 15.6. The molecule has 4 nitrogen and oxygen atoms in total. The average Bonchev–Trinajstić information content (AvgIpc) is 2.61. The van der Waals surface area contributed by atoms with Crippen molar-refractivity contribution in [2.24, 2.45) is 0 Å². The summed E-state index contributed by atoms with van der Waals surface area (Å²) in [5.41, 5.74) is 2.17. The van der Waals surface area contributed by atoms with E-state index < -0.39 is 0 Å². The van der Waals surface area contributed by atoms with Crippen molar-refractivity contribution in [2.75, 3.05) is 32.1 Å². The van der Waals surface area contributed by atoms with Crippen LogP contribution in [0.5, 0.6) is 0 Å². The van der Waals surface area contributed by atoms with E-state index >= 15 is 0 Å². The molecule has 1 saturated carbocycles. The molecule has 0 bridgehead atoms. The van der Waals surface area contributed by atoms with Gasteiger partial charge in [0, 0.05) is 39.0 Å². The van der Waals surface area contributed by atoms with Gasteiger partial charge in [-0.3, -0.25) is 4.79 Å². The third-order valence-corrected chi connectivity index (χ3v) is 4.36. The Labute approximate surface area is 145 Å². The predicted octanol–water partition coefficient (Wildman–Crippen LogP) is 3.62. The lowest BCUT2D eigenvalue weighted by atomic mass is 9.98. The first-order valence-electron chi connectivity index (χ1n) is 9.00. The van der Waals surface area contributed by atoms with Gasteiger partial charge in [-0.25, -0.2) is 0 Å². The molecular weight excluding hydrogens is 300 g/mol. The Balaban J connectivity index is 1.60. The fourth-order valence-corrected chi connectivity index (χ4v) is 2.88. The molecule has 1 amide bonds. The second-order valence-electron chi connectivity index (χ2n) is 6.59. The number of hydrogen-bond acceptors (Lipinski definition) is 3. The minimum atomic E-state index is -0.0515. The second-order valence-corrected chi connectivity index (χ2v) is 6.59. The molecule has 132 valence electrons. The van der Waals surface area contributed by atoms with E-state index in [2.05, 4.69) is 10.2 Å². The number of rotatable bonds is 8. The highest BCUT2D eigenvalue weighted by atomic mass is 16.5. The maximum Gasteiger partial charge on any atom is 0.244 e. The molecule has 0 spiro atoms. The molecule has 1 aromatic rings. The molecule has 0 aromatic heterocycles. The van der Waals surface area contributed by atoms with Crippen LogP contribution in [0.1, 0.15) is 44.1 Å². The standard InChI is InChI=1S/C20H30N2O2/c1-22(2)18-12-9-17(10-13-18)11-14-20(23)21-15-6-16-24-19-7-4-3-5-8-19/h9-14,19H,3-8,15-16H2,1-2H3,(H,21,23). The summed E-state index contributed by atoms with van der Waals surface area (Å²) < 4.78 is 5.85. The van der Waals surface area contributed by atoms with E-state index in [4.69, 9.17) is 4.74 Å². The summed E-state index contributed by atoms with van der Waals surface area (Å²) in [7, 11) is 4.02. The lowest BCUT2D eigenvalue weighted by Crippen LogP contribution is -2.24. The molecule has 0 saturated heterocycles. The number of anilines is 1. The van der Waals surface area contributed by atoms with Gasteiger partial charge in [0.05, 0.1) is 6.10 Å². The largest absolute Gasteiger partial charge is 0.378 e. The van der Waals surface area contributed by atoms with Crippen molar-refractivity contribution in [3.05, 3.63) is 35.9 Å². The lowest BCUT2D eigenvalue weighted by Gasteiger charge is -2.21. The van der Waals surface area contributed by atoms with Crippen LogP contribution in [0.4, 0.5) is 5.69 Å². The molecule has 2 rings (SSSR count). The van der Waals surface area contributed by atoms with Crippen LogP contribution >= 0.6 is 0 Å². The fraction of sp³-hybridized carbons (Fsp3) is 0.550. The summed E-state index contributed by atoms with van der Waals surface area (Å²) in [4.78, 5) is 13.9. The van der Waals surface area contributed by atoms with E-state index in [1.807, 2.05) is 44.4 Å². The van der Waals surface area contributed by atoms with Crippen molar-refractivity contribution >= 4 is 17.7 Å². The molecule has 4 heteroatoms. The van der Waals surface area contributed by atoms with Crippen molar-refractivity contribution in [1.29, 1.82) is 0 Å². The molecule has 1 aromatic carbocycles. The average molecular weight is 330 g/mol. The van der Waals surface area contributed by atoms with Gasteiger partial charge in [-0.05, 0) is 43.0 Å². The van der Waals surface area contributed by atoms with Crippen LogP contribution < -0.4 is 10.2 Å². The molecule has 1 fully saturated rings. The number of amides is 1. The van der Waals surface area contributed by atoms with Crippen molar-refractivity contribution in [1.82, 2.24) is 5.32 Å². The van der Waals surface area contributed by atoms with E-state index in [1.165, 1.54) is 32.1 Å². The van der Waals surface area contributed by atoms with Gasteiger partial charge in [0.25, 0.3) is 0 Å². The van der Waals surface area contributed by atoms with Crippen molar-refractivity contribution < 1.29 is 9.53 Å². The van der Waals surface area contributed by atoms with E-state index in [0.717, 1.165) is 24.3 Å². The summed E-state index contributed by atoms with van der Waals surface area (Å²) in [6.45, 7) is 1.40. The minimum absolute atomic E-state index is 0.0515. The number of carbonyl (C=O) groups is 1. The number of hydrogen-bond donors (Lipinski definition) is 1. The molecular formula is C20H30N2O2. The van der Waals surface area contributed by atoms with Crippen LogP contribution in [-0.4, -0.2) is 39.3 Å². The summed E-state index contributed by atoms with van der Waals surface area (Å²) in [6, 6.07) is 8.11. The van der Waals surface area contributed by atoms with E-state index in [1.54, 1.807) is 6.08 Å². The van der Waals surface area contributed by atoms with Gasteiger partial charge in [0.15, 0.2) is 0 Å². The molecule has 0 aliphatic heterocycles. The van der Waals surface area contributed by atoms with Crippen LogP contribution in [0, 0.1) is 0 Å². The van der Waals surface area contributed by atoms with Gasteiger partial charge >= 0.3 is 0 Å². The molecule has 0 radical (unpaired) electrons. The van der Waals surface area contributed by atoms with E-state index in [0.29, 0.717) is 12.6 Å². The molecule has 1 aliphatic rings. The topological polar surface area (TPSA) is 41.6 Å². The Morgan fingerprint density at radius 1 is 1.21 bits per heavy atom. The van der Waals surface area contributed by atoms with Gasteiger partial charge in [-0.15, -0.1) is 0 Å². The summed E-state index contributed by atoms with van der Waals surface area (Å²) in [5, 5.41) is 2.91. The van der Waals surface area contributed by atoms with Crippen LogP contribution in [0.15, 0.2) is 30.3 Å². The Morgan fingerprint density at radius 2 is 1.92 bits per heavy atom. The molecule has 1 N–H and O–H groups in total. The summed E-state index contributed by atoms with van der Waals surface area (Å²) in [5.74, 6) is -0.0515. The molecule has 0 unspecified atom stereocenters. The van der Waals surface area contributed by atoms with Gasteiger partial charge < -0.3 is 15.0 Å². The van der Waals surface area contributed by atoms with Crippen molar-refractivity contribution in [3.8, 4) is 0 Å². The van der Waals surface area contributed by atoms with Crippen LogP contribution in [0.2, 0.25) is 0 Å². The van der Waals surface area contributed by atoms with Gasteiger partial charge in [-0.1, -0.05) is 31.4 Å². The second kappa shape index (κ2) is 10.1. The SMILES string of the molecule is CN(C)c1ccc(C=CC(=O)NCCCOC2CCCCC2)cc1. The Hall–Kier alpha value is -1.81. The third kappa shape index (κ3) is 6.75. The zero-order valence-electron chi connectivity index (χ0n) is 15.0. The maximum absolute atomic E-state index is 11.8. The van der Waals surface area contributed by atoms with Crippen molar-refractivity contribution in [2.45, 2.75) is 44.6 Å². The van der Waals surface area contributed by atoms with E-state index in [-0.39, 0.29) is 5.91 Å². The van der Waals surface area contributed by atoms with E-state index in [9.17, 15) is 4.79 Å². The van der Waals surface area contributed by atoms with Gasteiger partial charge in [0.1, 0.15) is 0 Å². The number of carbonyl (C=O) groups excluding carboxylic acids is 1. The Bertz CT molecular complexity index is 517. The smallest absolute Gasteiger partial charge is 0.244 e. The quantitative estimate of drug-likeness (QED) is 0.585.